The first-order chi connectivity index (χ1) is 7.24. The molecule has 15 heavy (non-hydrogen) atoms. The molecule has 1 heterocycles. The standard InChI is InChI=1S/C11H14N2O2/c1-3-13-7-11(14)12-9-5-4-8(15-2)6-10(9)13/h4-6H,3,7H2,1-2H3,(H,12,14). The quantitative estimate of drug-likeness (QED) is 0.796. The molecule has 0 fully saturated rings. The molecule has 1 amide bonds. The molecule has 0 aromatic heterocycles. The number of ether oxygens (including phenoxy) is 1. The number of likely N-dealkylation sites (N-methyl/N-ethyl adjacent to an activating group) is 1. The lowest BCUT2D eigenvalue weighted by molar-refractivity contribution is -0.115. The van der Waals surface area contributed by atoms with Crippen molar-refractivity contribution in [2.75, 3.05) is 30.4 Å². The first-order valence-corrected chi connectivity index (χ1v) is 4.97. The predicted octanol–water partition coefficient (Wildman–Crippen LogP) is 1.47. The Morgan fingerprint density at radius 3 is 3.00 bits per heavy atom. The fourth-order valence-corrected chi connectivity index (χ4v) is 1.74. The average molecular weight is 206 g/mol. The van der Waals surface area contributed by atoms with E-state index >= 15 is 0 Å². The highest BCUT2D eigenvalue weighted by Gasteiger charge is 2.20. The van der Waals surface area contributed by atoms with Crippen LogP contribution in [-0.2, 0) is 4.79 Å². The minimum absolute atomic E-state index is 0.0366. The second-order valence-electron chi connectivity index (χ2n) is 3.45. The van der Waals surface area contributed by atoms with E-state index in [1.807, 2.05) is 30.0 Å². The summed E-state index contributed by atoms with van der Waals surface area (Å²) in [6.07, 6.45) is 0. The first-order valence-electron chi connectivity index (χ1n) is 4.97. The van der Waals surface area contributed by atoms with E-state index in [0.29, 0.717) is 6.54 Å². The van der Waals surface area contributed by atoms with Crippen molar-refractivity contribution < 1.29 is 9.53 Å². The molecular weight excluding hydrogens is 192 g/mol. The number of hydrogen-bond donors (Lipinski definition) is 1. The molecule has 0 bridgehead atoms. The van der Waals surface area contributed by atoms with Crippen molar-refractivity contribution >= 4 is 17.3 Å². The van der Waals surface area contributed by atoms with Gasteiger partial charge in [0, 0.05) is 12.6 Å². The Kier molecular flexibility index (Phi) is 2.49. The van der Waals surface area contributed by atoms with Crippen LogP contribution >= 0.6 is 0 Å². The van der Waals surface area contributed by atoms with Gasteiger partial charge in [0.05, 0.1) is 25.0 Å². The second-order valence-corrected chi connectivity index (χ2v) is 3.45. The SMILES string of the molecule is CCN1CC(=O)Nc2ccc(OC)cc21. The van der Waals surface area contributed by atoms with Crippen molar-refractivity contribution in [1.29, 1.82) is 0 Å². The highest BCUT2D eigenvalue weighted by molar-refractivity contribution is 6.01. The molecule has 0 unspecified atom stereocenters. The van der Waals surface area contributed by atoms with Gasteiger partial charge in [0.25, 0.3) is 0 Å². The Bertz CT molecular complexity index is 390. The molecule has 80 valence electrons. The highest BCUT2D eigenvalue weighted by Crippen LogP contribution is 2.32. The number of amides is 1. The second kappa shape index (κ2) is 3.81. The van der Waals surface area contributed by atoms with Gasteiger partial charge in [-0.05, 0) is 19.1 Å². The summed E-state index contributed by atoms with van der Waals surface area (Å²) in [5.41, 5.74) is 1.88. The van der Waals surface area contributed by atoms with Gasteiger partial charge in [-0.3, -0.25) is 4.79 Å². The zero-order chi connectivity index (χ0) is 10.8. The molecule has 0 atom stereocenters. The van der Waals surface area contributed by atoms with Gasteiger partial charge in [0.1, 0.15) is 5.75 Å². The Morgan fingerprint density at radius 2 is 2.33 bits per heavy atom. The summed E-state index contributed by atoms with van der Waals surface area (Å²) in [6.45, 7) is 3.26. The first kappa shape index (κ1) is 9.83. The van der Waals surface area contributed by atoms with Crippen LogP contribution in [0.4, 0.5) is 11.4 Å². The van der Waals surface area contributed by atoms with E-state index in [4.69, 9.17) is 4.74 Å². The summed E-state index contributed by atoms with van der Waals surface area (Å²) >= 11 is 0. The number of carbonyl (C=O) groups is 1. The summed E-state index contributed by atoms with van der Waals surface area (Å²) in [4.78, 5) is 13.4. The minimum Gasteiger partial charge on any atom is -0.497 e. The Morgan fingerprint density at radius 1 is 1.53 bits per heavy atom. The number of fused-ring (bicyclic) bond motifs is 1. The van der Waals surface area contributed by atoms with Crippen molar-refractivity contribution in [3.63, 3.8) is 0 Å². The van der Waals surface area contributed by atoms with Gasteiger partial charge in [0.15, 0.2) is 0 Å². The summed E-state index contributed by atoms with van der Waals surface area (Å²) < 4.78 is 5.16. The van der Waals surface area contributed by atoms with Gasteiger partial charge in [-0.1, -0.05) is 0 Å². The number of carbonyl (C=O) groups excluding carboxylic acids is 1. The van der Waals surface area contributed by atoms with Gasteiger partial charge in [-0.2, -0.15) is 0 Å². The maximum absolute atomic E-state index is 11.4. The predicted molar refractivity (Wildman–Crippen MR) is 59.5 cm³/mol. The number of nitrogens with one attached hydrogen (secondary N) is 1. The van der Waals surface area contributed by atoms with Gasteiger partial charge in [-0.15, -0.1) is 0 Å². The van der Waals surface area contributed by atoms with Crippen molar-refractivity contribution in [2.24, 2.45) is 0 Å². The third-order valence-electron chi connectivity index (χ3n) is 2.54. The number of rotatable bonds is 2. The smallest absolute Gasteiger partial charge is 0.243 e. The molecular formula is C11H14N2O2. The molecule has 4 heteroatoms. The number of anilines is 2. The number of nitrogens with zero attached hydrogens (tertiary/aromatic N) is 1. The van der Waals surface area contributed by atoms with Crippen LogP contribution in [0.15, 0.2) is 18.2 Å². The van der Waals surface area contributed by atoms with Gasteiger partial charge in [0.2, 0.25) is 5.91 Å². The average Bonchev–Trinajstić information content (AvgIpc) is 2.27. The van der Waals surface area contributed by atoms with Crippen molar-refractivity contribution in [3.8, 4) is 5.75 Å². The lowest BCUT2D eigenvalue weighted by Gasteiger charge is -2.30. The third-order valence-corrected chi connectivity index (χ3v) is 2.54. The van der Waals surface area contributed by atoms with Crippen LogP contribution in [0.5, 0.6) is 5.75 Å². The van der Waals surface area contributed by atoms with Crippen LogP contribution < -0.4 is 15.0 Å². The van der Waals surface area contributed by atoms with Crippen LogP contribution in [0, 0.1) is 0 Å². The summed E-state index contributed by atoms with van der Waals surface area (Å²) in [5.74, 6) is 0.845. The van der Waals surface area contributed by atoms with Crippen LogP contribution in [0.2, 0.25) is 0 Å². The van der Waals surface area contributed by atoms with E-state index < -0.39 is 0 Å². The maximum Gasteiger partial charge on any atom is 0.243 e. The maximum atomic E-state index is 11.4. The normalized spacial score (nSPS) is 14.5. The van der Waals surface area contributed by atoms with Gasteiger partial charge < -0.3 is 15.0 Å². The minimum atomic E-state index is 0.0366. The summed E-state index contributed by atoms with van der Waals surface area (Å²) in [6, 6.07) is 5.66. The Balaban J connectivity index is 2.42. The Hall–Kier alpha value is -1.71. The zero-order valence-corrected chi connectivity index (χ0v) is 8.91. The van der Waals surface area contributed by atoms with E-state index in [1.54, 1.807) is 7.11 Å². The van der Waals surface area contributed by atoms with E-state index in [9.17, 15) is 4.79 Å². The van der Waals surface area contributed by atoms with E-state index in [2.05, 4.69) is 5.32 Å². The number of methoxy groups -OCH3 is 1. The Labute approximate surface area is 88.8 Å². The molecule has 0 spiro atoms. The van der Waals surface area contributed by atoms with Gasteiger partial charge in [-0.25, -0.2) is 0 Å². The van der Waals surface area contributed by atoms with Crippen molar-refractivity contribution in [1.82, 2.24) is 0 Å². The molecule has 2 rings (SSSR count). The van der Waals surface area contributed by atoms with Crippen LogP contribution in [0.1, 0.15) is 6.92 Å². The highest BCUT2D eigenvalue weighted by atomic mass is 16.5. The molecule has 0 saturated carbocycles. The molecule has 0 aliphatic carbocycles. The number of hydrogen-bond acceptors (Lipinski definition) is 3. The molecule has 0 radical (unpaired) electrons. The fourth-order valence-electron chi connectivity index (χ4n) is 1.74. The zero-order valence-electron chi connectivity index (χ0n) is 8.91. The lowest BCUT2D eigenvalue weighted by Crippen LogP contribution is -2.37. The molecule has 1 aromatic rings. The topological polar surface area (TPSA) is 41.6 Å². The van der Waals surface area contributed by atoms with E-state index in [-0.39, 0.29) is 5.91 Å². The molecule has 4 nitrogen and oxygen atoms in total. The molecule has 1 aliphatic rings. The number of benzene rings is 1. The molecule has 0 saturated heterocycles. The molecule has 1 aliphatic heterocycles. The molecule has 1 aromatic carbocycles. The molecule has 1 N–H and O–H groups in total. The summed E-state index contributed by atoms with van der Waals surface area (Å²) in [5, 5.41) is 2.84. The van der Waals surface area contributed by atoms with E-state index in [1.165, 1.54) is 0 Å². The van der Waals surface area contributed by atoms with Crippen molar-refractivity contribution in [2.45, 2.75) is 6.92 Å². The largest absolute Gasteiger partial charge is 0.497 e. The lowest BCUT2D eigenvalue weighted by atomic mass is 10.2. The van der Waals surface area contributed by atoms with Gasteiger partial charge >= 0.3 is 0 Å². The van der Waals surface area contributed by atoms with E-state index in [0.717, 1.165) is 23.7 Å². The monoisotopic (exact) mass is 206 g/mol. The summed E-state index contributed by atoms with van der Waals surface area (Å²) in [7, 11) is 1.64. The van der Waals surface area contributed by atoms with Crippen LogP contribution in [0.3, 0.4) is 0 Å². The fraction of sp³-hybridized carbons (Fsp3) is 0.364. The van der Waals surface area contributed by atoms with Crippen LogP contribution in [-0.4, -0.2) is 26.1 Å². The van der Waals surface area contributed by atoms with Crippen molar-refractivity contribution in [3.05, 3.63) is 18.2 Å². The third kappa shape index (κ3) is 1.75. The van der Waals surface area contributed by atoms with Crippen LogP contribution in [0.25, 0.3) is 0 Å².